The van der Waals surface area contributed by atoms with E-state index < -0.39 is 0 Å². The van der Waals surface area contributed by atoms with E-state index in [1.54, 1.807) is 6.08 Å². The molecule has 0 aliphatic rings. The number of urea groups is 1. The number of rotatable bonds is 3. The van der Waals surface area contributed by atoms with Gasteiger partial charge in [-0.05, 0) is 30.7 Å². The molecular weight excluding hydrogens is 256 g/mol. The predicted molar refractivity (Wildman–Crippen MR) is 66.1 cm³/mol. The zero-order valence-electron chi connectivity index (χ0n) is 8.51. The van der Waals surface area contributed by atoms with Gasteiger partial charge in [0.2, 0.25) is 0 Å². The summed E-state index contributed by atoms with van der Waals surface area (Å²) >= 11 is 3.40. The summed E-state index contributed by atoms with van der Waals surface area (Å²) in [6.07, 6.45) is 1.63. The lowest BCUT2D eigenvalue weighted by Crippen LogP contribution is -2.28. The lowest BCUT2D eigenvalue weighted by molar-refractivity contribution is 0.253. The molecule has 2 N–H and O–H groups in total. The van der Waals surface area contributed by atoms with Gasteiger partial charge in [-0.2, -0.15) is 0 Å². The van der Waals surface area contributed by atoms with Crippen molar-refractivity contribution in [3.05, 3.63) is 40.9 Å². The van der Waals surface area contributed by atoms with Gasteiger partial charge in [0.05, 0.1) is 0 Å². The van der Waals surface area contributed by atoms with E-state index in [9.17, 15) is 4.79 Å². The van der Waals surface area contributed by atoms with Gasteiger partial charge in [0.15, 0.2) is 0 Å². The molecule has 3 nitrogen and oxygen atoms in total. The number of anilines is 1. The van der Waals surface area contributed by atoms with E-state index >= 15 is 0 Å². The van der Waals surface area contributed by atoms with E-state index in [-0.39, 0.29) is 6.03 Å². The monoisotopic (exact) mass is 268 g/mol. The maximum atomic E-state index is 11.3. The van der Waals surface area contributed by atoms with Crippen LogP contribution in [0.2, 0.25) is 0 Å². The summed E-state index contributed by atoms with van der Waals surface area (Å²) in [4.78, 5) is 11.3. The number of halogens is 1. The Morgan fingerprint density at radius 2 is 2.33 bits per heavy atom. The van der Waals surface area contributed by atoms with Crippen LogP contribution in [0.25, 0.3) is 0 Å². The lowest BCUT2D eigenvalue weighted by Gasteiger charge is -2.07. The van der Waals surface area contributed by atoms with Crippen molar-refractivity contribution in [1.29, 1.82) is 0 Å². The number of carbonyl (C=O) groups excluding carboxylic acids is 1. The fourth-order valence-electron chi connectivity index (χ4n) is 1.06. The first kappa shape index (κ1) is 11.8. The normalized spacial score (nSPS) is 9.47. The minimum Gasteiger partial charge on any atom is -0.334 e. The smallest absolute Gasteiger partial charge is 0.319 e. The third-order valence-corrected chi connectivity index (χ3v) is 2.71. The fraction of sp³-hybridized carbons (Fsp3) is 0.182. The Kier molecular flexibility index (Phi) is 4.37. The second kappa shape index (κ2) is 5.56. The van der Waals surface area contributed by atoms with Gasteiger partial charge in [0, 0.05) is 16.7 Å². The summed E-state index contributed by atoms with van der Waals surface area (Å²) in [6.45, 7) is 5.95. The van der Waals surface area contributed by atoms with Crippen LogP contribution in [0.3, 0.4) is 0 Å². The molecule has 0 atom stereocenters. The second-order valence-electron chi connectivity index (χ2n) is 3.09. The summed E-state index contributed by atoms with van der Waals surface area (Å²) in [6, 6.07) is 5.41. The average molecular weight is 269 g/mol. The van der Waals surface area contributed by atoms with Gasteiger partial charge in [0.25, 0.3) is 0 Å². The van der Waals surface area contributed by atoms with Crippen molar-refractivity contribution < 1.29 is 4.79 Å². The number of aryl methyl sites for hydroxylation is 1. The molecule has 0 saturated carbocycles. The molecule has 0 radical (unpaired) electrons. The summed E-state index contributed by atoms with van der Waals surface area (Å²) in [5.41, 5.74) is 1.86. The van der Waals surface area contributed by atoms with E-state index in [4.69, 9.17) is 0 Å². The SMILES string of the molecule is C=CCNC(=O)Nc1ccc(Br)c(C)c1. The highest BCUT2D eigenvalue weighted by molar-refractivity contribution is 9.10. The van der Waals surface area contributed by atoms with Crippen molar-refractivity contribution in [3.8, 4) is 0 Å². The average Bonchev–Trinajstić information content (AvgIpc) is 2.20. The Bertz CT molecular complexity index is 377. The van der Waals surface area contributed by atoms with Crippen molar-refractivity contribution in [1.82, 2.24) is 5.32 Å². The van der Waals surface area contributed by atoms with E-state index in [0.29, 0.717) is 6.54 Å². The number of hydrogen-bond acceptors (Lipinski definition) is 1. The highest BCUT2D eigenvalue weighted by atomic mass is 79.9. The molecule has 0 saturated heterocycles. The molecule has 0 aromatic heterocycles. The van der Waals surface area contributed by atoms with Crippen molar-refractivity contribution >= 4 is 27.6 Å². The van der Waals surface area contributed by atoms with Crippen LogP contribution >= 0.6 is 15.9 Å². The summed E-state index contributed by atoms with van der Waals surface area (Å²) in [7, 11) is 0. The van der Waals surface area contributed by atoms with Gasteiger partial charge in [-0.1, -0.05) is 22.0 Å². The molecule has 0 heterocycles. The molecule has 1 aromatic carbocycles. The van der Waals surface area contributed by atoms with Gasteiger partial charge in [0.1, 0.15) is 0 Å². The number of carbonyl (C=O) groups is 1. The Morgan fingerprint density at radius 1 is 1.60 bits per heavy atom. The zero-order chi connectivity index (χ0) is 11.3. The third kappa shape index (κ3) is 3.75. The first-order chi connectivity index (χ1) is 7.13. The maximum absolute atomic E-state index is 11.3. The van der Waals surface area contributed by atoms with Crippen LogP contribution in [0.15, 0.2) is 35.3 Å². The van der Waals surface area contributed by atoms with Crippen LogP contribution in [-0.4, -0.2) is 12.6 Å². The number of nitrogens with one attached hydrogen (secondary N) is 2. The van der Waals surface area contributed by atoms with E-state index in [0.717, 1.165) is 15.7 Å². The van der Waals surface area contributed by atoms with Crippen molar-refractivity contribution in [2.24, 2.45) is 0 Å². The van der Waals surface area contributed by atoms with Crippen molar-refractivity contribution in [2.75, 3.05) is 11.9 Å². The van der Waals surface area contributed by atoms with Gasteiger partial charge >= 0.3 is 6.03 Å². The molecule has 80 valence electrons. The van der Waals surface area contributed by atoms with Gasteiger partial charge in [-0.3, -0.25) is 0 Å². The minimum absolute atomic E-state index is 0.225. The molecule has 0 aliphatic heterocycles. The molecule has 15 heavy (non-hydrogen) atoms. The molecule has 0 bridgehead atoms. The van der Waals surface area contributed by atoms with Crippen LogP contribution in [0.1, 0.15) is 5.56 Å². The molecular formula is C11H13BrN2O. The topological polar surface area (TPSA) is 41.1 Å². The number of benzene rings is 1. The lowest BCUT2D eigenvalue weighted by atomic mass is 10.2. The molecule has 0 fully saturated rings. The van der Waals surface area contributed by atoms with Crippen LogP contribution < -0.4 is 10.6 Å². The van der Waals surface area contributed by atoms with E-state index in [1.165, 1.54) is 0 Å². The molecule has 4 heteroatoms. The third-order valence-electron chi connectivity index (χ3n) is 1.82. The first-order valence-electron chi connectivity index (χ1n) is 4.55. The maximum Gasteiger partial charge on any atom is 0.319 e. The predicted octanol–water partition coefficient (Wildman–Crippen LogP) is 3.07. The minimum atomic E-state index is -0.225. The summed E-state index contributed by atoms with van der Waals surface area (Å²) < 4.78 is 1.03. The summed E-state index contributed by atoms with van der Waals surface area (Å²) in [5.74, 6) is 0. The zero-order valence-corrected chi connectivity index (χ0v) is 10.1. The molecule has 0 aliphatic carbocycles. The van der Waals surface area contributed by atoms with Crippen LogP contribution in [0, 0.1) is 6.92 Å². The quantitative estimate of drug-likeness (QED) is 0.813. The molecule has 2 amide bonds. The molecule has 1 aromatic rings. The number of hydrogen-bond donors (Lipinski definition) is 2. The fourth-order valence-corrected chi connectivity index (χ4v) is 1.31. The van der Waals surface area contributed by atoms with E-state index in [1.807, 2.05) is 25.1 Å². The Hall–Kier alpha value is -1.29. The van der Waals surface area contributed by atoms with Gasteiger partial charge in [-0.25, -0.2) is 4.79 Å². The van der Waals surface area contributed by atoms with Crippen LogP contribution in [0.5, 0.6) is 0 Å². The Morgan fingerprint density at radius 3 is 2.93 bits per heavy atom. The largest absolute Gasteiger partial charge is 0.334 e. The number of amides is 2. The molecule has 0 spiro atoms. The highest BCUT2D eigenvalue weighted by Crippen LogP contribution is 2.19. The molecule has 1 rings (SSSR count). The van der Waals surface area contributed by atoms with Crippen molar-refractivity contribution in [3.63, 3.8) is 0 Å². The van der Waals surface area contributed by atoms with Crippen molar-refractivity contribution in [2.45, 2.75) is 6.92 Å². The Labute approximate surface area is 97.7 Å². The highest BCUT2D eigenvalue weighted by Gasteiger charge is 2.01. The first-order valence-corrected chi connectivity index (χ1v) is 5.34. The summed E-state index contributed by atoms with van der Waals surface area (Å²) in [5, 5.41) is 5.36. The standard InChI is InChI=1S/C11H13BrN2O/c1-3-6-13-11(15)14-9-4-5-10(12)8(2)7-9/h3-5,7H,1,6H2,2H3,(H2,13,14,15). The molecule has 0 unspecified atom stereocenters. The van der Waals surface area contributed by atoms with E-state index in [2.05, 4.69) is 33.1 Å². The van der Waals surface area contributed by atoms with Crippen LogP contribution in [0.4, 0.5) is 10.5 Å². The van der Waals surface area contributed by atoms with Gasteiger partial charge < -0.3 is 10.6 Å². The Balaban J connectivity index is 2.60. The van der Waals surface area contributed by atoms with Gasteiger partial charge in [-0.15, -0.1) is 6.58 Å². The van der Waals surface area contributed by atoms with Crippen LogP contribution in [-0.2, 0) is 0 Å². The second-order valence-corrected chi connectivity index (χ2v) is 3.94.